The highest BCUT2D eigenvalue weighted by molar-refractivity contribution is 6.30. The van der Waals surface area contributed by atoms with Crippen LogP contribution in [0.15, 0.2) is 36.8 Å². The van der Waals surface area contributed by atoms with Crippen LogP contribution in [0.1, 0.15) is 23.7 Å². The number of benzene rings is 1. The highest BCUT2D eigenvalue weighted by atomic mass is 35.5. The lowest BCUT2D eigenvalue weighted by Crippen LogP contribution is -2.24. The molecule has 1 saturated heterocycles. The molecule has 0 aliphatic carbocycles. The molecule has 20 heavy (non-hydrogen) atoms. The number of aromatic nitrogens is 2. The van der Waals surface area contributed by atoms with Gasteiger partial charge in [0.15, 0.2) is 0 Å². The predicted octanol–water partition coefficient (Wildman–Crippen LogP) is 2.62. The summed E-state index contributed by atoms with van der Waals surface area (Å²) in [4.78, 5) is 4.24. The van der Waals surface area contributed by atoms with E-state index in [9.17, 15) is 0 Å². The summed E-state index contributed by atoms with van der Waals surface area (Å²) >= 11 is 5.91. The van der Waals surface area contributed by atoms with Gasteiger partial charge in [0.2, 0.25) is 0 Å². The molecule has 0 radical (unpaired) electrons. The largest absolute Gasteiger partial charge is 0.381 e. The Labute approximate surface area is 123 Å². The average molecular weight is 292 g/mol. The monoisotopic (exact) mass is 291 g/mol. The van der Waals surface area contributed by atoms with Crippen LogP contribution >= 0.6 is 11.6 Å². The van der Waals surface area contributed by atoms with Crippen molar-refractivity contribution in [3.8, 4) is 0 Å². The number of rotatable bonds is 4. The SMILES string of the molecule is NC(c1cncn1Cc1ccc(Cl)cc1)C1CCOC1. The van der Waals surface area contributed by atoms with E-state index in [-0.39, 0.29) is 6.04 Å². The normalized spacial score (nSPS) is 20.2. The smallest absolute Gasteiger partial charge is 0.0951 e. The van der Waals surface area contributed by atoms with Crippen LogP contribution in [0.3, 0.4) is 0 Å². The second kappa shape index (κ2) is 5.95. The molecule has 0 saturated carbocycles. The third-order valence-electron chi connectivity index (χ3n) is 3.82. The van der Waals surface area contributed by atoms with E-state index in [0.717, 1.165) is 36.9 Å². The van der Waals surface area contributed by atoms with Crippen molar-refractivity contribution in [3.63, 3.8) is 0 Å². The minimum Gasteiger partial charge on any atom is -0.381 e. The number of ether oxygens (including phenoxy) is 1. The number of hydrogen-bond acceptors (Lipinski definition) is 3. The van der Waals surface area contributed by atoms with Crippen LogP contribution in [-0.2, 0) is 11.3 Å². The molecule has 2 N–H and O–H groups in total. The highest BCUT2D eigenvalue weighted by Gasteiger charge is 2.26. The van der Waals surface area contributed by atoms with Crippen molar-refractivity contribution in [2.45, 2.75) is 19.0 Å². The maximum Gasteiger partial charge on any atom is 0.0951 e. The van der Waals surface area contributed by atoms with Crippen LogP contribution in [0, 0.1) is 5.92 Å². The van der Waals surface area contributed by atoms with E-state index in [1.165, 1.54) is 5.56 Å². The third kappa shape index (κ3) is 2.87. The van der Waals surface area contributed by atoms with Crippen molar-refractivity contribution in [1.82, 2.24) is 9.55 Å². The minimum absolute atomic E-state index is 0.0210. The van der Waals surface area contributed by atoms with Crippen molar-refractivity contribution in [1.29, 1.82) is 0 Å². The maximum absolute atomic E-state index is 6.36. The molecule has 3 rings (SSSR count). The Morgan fingerprint density at radius 1 is 1.40 bits per heavy atom. The number of halogens is 1. The van der Waals surface area contributed by atoms with Gasteiger partial charge in [0.1, 0.15) is 0 Å². The molecule has 0 spiro atoms. The summed E-state index contributed by atoms with van der Waals surface area (Å²) in [5.41, 5.74) is 8.61. The molecule has 1 aromatic heterocycles. The van der Waals surface area contributed by atoms with E-state index in [0.29, 0.717) is 5.92 Å². The van der Waals surface area contributed by atoms with Crippen LogP contribution < -0.4 is 5.73 Å². The molecule has 0 amide bonds. The van der Waals surface area contributed by atoms with E-state index < -0.39 is 0 Å². The molecule has 2 aromatic rings. The molecule has 2 atom stereocenters. The second-order valence-electron chi connectivity index (χ2n) is 5.22. The number of nitrogens with zero attached hydrogens (tertiary/aromatic N) is 2. The Morgan fingerprint density at radius 2 is 2.20 bits per heavy atom. The van der Waals surface area contributed by atoms with Crippen LogP contribution in [0.4, 0.5) is 0 Å². The van der Waals surface area contributed by atoms with Crippen molar-refractivity contribution in [2.24, 2.45) is 11.7 Å². The molecule has 1 aliphatic rings. The standard InChI is InChI=1S/C15H18ClN3O/c16-13-3-1-11(2-4-13)8-19-10-18-7-14(19)15(17)12-5-6-20-9-12/h1-4,7,10,12,15H,5-6,8-9,17H2. The highest BCUT2D eigenvalue weighted by Crippen LogP contribution is 2.26. The molecule has 2 heterocycles. The maximum atomic E-state index is 6.36. The molecule has 0 bridgehead atoms. The van der Waals surface area contributed by atoms with Gasteiger partial charge in [-0.15, -0.1) is 0 Å². The Balaban J connectivity index is 1.77. The molecule has 4 nitrogen and oxygen atoms in total. The van der Waals surface area contributed by atoms with Gasteiger partial charge < -0.3 is 15.0 Å². The zero-order valence-electron chi connectivity index (χ0n) is 11.2. The molecular weight excluding hydrogens is 274 g/mol. The number of hydrogen-bond donors (Lipinski definition) is 1. The summed E-state index contributed by atoms with van der Waals surface area (Å²) in [5.74, 6) is 0.385. The predicted molar refractivity (Wildman–Crippen MR) is 78.6 cm³/mol. The first-order valence-electron chi connectivity index (χ1n) is 6.82. The molecule has 1 aliphatic heterocycles. The lowest BCUT2D eigenvalue weighted by Gasteiger charge is -2.19. The first-order valence-corrected chi connectivity index (χ1v) is 7.19. The fraction of sp³-hybridized carbons (Fsp3) is 0.400. The topological polar surface area (TPSA) is 53.1 Å². The zero-order valence-corrected chi connectivity index (χ0v) is 12.0. The fourth-order valence-electron chi connectivity index (χ4n) is 2.60. The average Bonchev–Trinajstić information content (AvgIpc) is 3.12. The first kappa shape index (κ1) is 13.6. The van der Waals surface area contributed by atoms with Crippen LogP contribution in [0.2, 0.25) is 5.02 Å². The van der Waals surface area contributed by atoms with Crippen molar-refractivity contribution in [2.75, 3.05) is 13.2 Å². The van der Waals surface area contributed by atoms with Crippen LogP contribution in [0.5, 0.6) is 0 Å². The lowest BCUT2D eigenvalue weighted by molar-refractivity contribution is 0.180. The van der Waals surface area contributed by atoms with E-state index in [1.54, 1.807) is 0 Å². The van der Waals surface area contributed by atoms with Crippen molar-refractivity contribution >= 4 is 11.6 Å². The molecule has 1 aromatic carbocycles. The molecule has 5 heteroatoms. The summed E-state index contributed by atoms with van der Waals surface area (Å²) in [5, 5.41) is 0.749. The van der Waals surface area contributed by atoms with Crippen molar-refractivity contribution < 1.29 is 4.74 Å². The van der Waals surface area contributed by atoms with Gasteiger partial charge in [-0.05, 0) is 24.1 Å². The van der Waals surface area contributed by atoms with E-state index >= 15 is 0 Å². The van der Waals surface area contributed by atoms with Crippen LogP contribution in [0.25, 0.3) is 0 Å². The van der Waals surface area contributed by atoms with Gasteiger partial charge in [0.25, 0.3) is 0 Å². The van der Waals surface area contributed by atoms with Gasteiger partial charge in [-0.1, -0.05) is 23.7 Å². The lowest BCUT2D eigenvalue weighted by atomic mass is 9.97. The molecule has 106 valence electrons. The van der Waals surface area contributed by atoms with Gasteiger partial charge in [-0.2, -0.15) is 0 Å². The van der Waals surface area contributed by atoms with Gasteiger partial charge in [-0.25, -0.2) is 4.98 Å². The first-order chi connectivity index (χ1) is 9.74. The van der Waals surface area contributed by atoms with E-state index in [2.05, 4.69) is 9.55 Å². The molecule has 1 fully saturated rings. The minimum atomic E-state index is -0.0210. The number of nitrogens with two attached hydrogens (primary N) is 1. The van der Waals surface area contributed by atoms with Gasteiger partial charge in [-0.3, -0.25) is 0 Å². The van der Waals surface area contributed by atoms with E-state index in [4.69, 9.17) is 22.1 Å². The Bertz CT molecular complexity index is 561. The second-order valence-corrected chi connectivity index (χ2v) is 5.66. The Morgan fingerprint density at radius 3 is 2.90 bits per heavy atom. The molecule has 2 unspecified atom stereocenters. The van der Waals surface area contributed by atoms with Crippen molar-refractivity contribution in [3.05, 3.63) is 53.1 Å². The Kier molecular flexibility index (Phi) is 4.05. The van der Waals surface area contributed by atoms with Gasteiger partial charge >= 0.3 is 0 Å². The van der Waals surface area contributed by atoms with Gasteiger partial charge in [0, 0.05) is 30.3 Å². The summed E-state index contributed by atoms with van der Waals surface area (Å²) in [6, 6.07) is 7.83. The van der Waals surface area contributed by atoms with E-state index in [1.807, 2.05) is 36.8 Å². The molecular formula is C15H18ClN3O. The zero-order chi connectivity index (χ0) is 13.9. The summed E-state index contributed by atoms with van der Waals surface area (Å²) < 4.78 is 7.53. The number of imidazole rings is 1. The summed E-state index contributed by atoms with van der Waals surface area (Å²) in [7, 11) is 0. The fourth-order valence-corrected chi connectivity index (χ4v) is 2.73. The summed E-state index contributed by atoms with van der Waals surface area (Å²) in [6.45, 7) is 2.31. The quantitative estimate of drug-likeness (QED) is 0.942. The Hall–Kier alpha value is -1.36. The summed E-state index contributed by atoms with van der Waals surface area (Å²) in [6.07, 6.45) is 4.71. The van der Waals surface area contributed by atoms with Crippen LogP contribution in [-0.4, -0.2) is 22.8 Å². The third-order valence-corrected chi connectivity index (χ3v) is 4.08. The van der Waals surface area contributed by atoms with Gasteiger partial charge in [0.05, 0.1) is 24.7 Å².